The van der Waals surface area contributed by atoms with E-state index in [4.69, 9.17) is 33.7 Å². The van der Waals surface area contributed by atoms with Crippen LogP contribution in [0.2, 0.25) is 10.0 Å². The van der Waals surface area contributed by atoms with Gasteiger partial charge in [0.15, 0.2) is 0 Å². The number of hydrogen-bond donors (Lipinski definition) is 2. The number of ether oxygens (including phenoxy) is 1. The number of nitrogens with one attached hydrogen (secondary N) is 1. The topological polar surface area (TPSA) is 87.7 Å². The Hall–Kier alpha value is -2.94. The standard InChI is InChI=1S/C19H12Cl2N4O/c20-12-7-4-8-13(21)15(12)14-11(9-22)18(23)26-19-16(14)17(24-25-19)10-5-2-1-3-6-10/h1-8,14H,23H2,(H,24,25)/t14-/m1/s1. The van der Waals surface area contributed by atoms with Gasteiger partial charge in [0, 0.05) is 15.6 Å². The molecule has 1 aliphatic rings. The summed E-state index contributed by atoms with van der Waals surface area (Å²) in [5, 5.41) is 17.8. The molecule has 5 nitrogen and oxygen atoms in total. The summed E-state index contributed by atoms with van der Waals surface area (Å²) in [4.78, 5) is 0. The minimum absolute atomic E-state index is 0.00732. The molecule has 3 N–H and O–H groups in total. The Bertz CT molecular complexity index is 1050. The number of hydrogen-bond acceptors (Lipinski definition) is 4. The van der Waals surface area contributed by atoms with Crippen molar-refractivity contribution in [2.24, 2.45) is 5.73 Å². The van der Waals surface area contributed by atoms with E-state index in [1.807, 2.05) is 30.3 Å². The van der Waals surface area contributed by atoms with E-state index in [0.29, 0.717) is 27.1 Å². The number of benzene rings is 2. The van der Waals surface area contributed by atoms with Gasteiger partial charge in [-0.05, 0) is 17.7 Å². The Labute approximate surface area is 159 Å². The number of allylic oxidation sites excluding steroid dienone is 1. The van der Waals surface area contributed by atoms with Gasteiger partial charge in [-0.1, -0.05) is 59.6 Å². The zero-order valence-electron chi connectivity index (χ0n) is 13.3. The van der Waals surface area contributed by atoms with E-state index in [0.717, 1.165) is 11.3 Å². The summed E-state index contributed by atoms with van der Waals surface area (Å²) in [6.07, 6.45) is 0. The second-order valence-electron chi connectivity index (χ2n) is 5.74. The molecule has 0 saturated carbocycles. The first-order valence-electron chi connectivity index (χ1n) is 7.77. The molecule has 1 atom stereocenters. The van der Waals surface area contributed by atoms with E-state index in [-0.39, 0.29) is 11.5 Å². The number of H-pyrrole nitrogens is 1. The molecule has 0 spiro atoms. The number of nitrogens with zero attached hydrogens (tertiary/aromatic N) is 2. The van der Waals surface area contributed by atoms with Crippen LogP contribution in [0.15, 0.2) is 60.0 Å². The fourth-order valence-corrected chi connectivity index (χ4v) is 3.76. The fourth-order valence-electron chi connectivity index (χ4n) is 3.15. The van der Waals surface area contributed by atoms with Gasteiger partial charge in [0.1, 0.15) is 11.6 Å². The van der Waals surface area contributed by atoms with Crippen molar-refractivity contribution in [1.29, 1.82) is 5.26 Å². The van der Waals surface area contributed by atoms with Gasteiger partial charge in [0.05, 0.1) is 17.2 Å². The predicted molar refractivity (Wildman–Crippen MR) is 99.8 cm³/mol. The molecular formula is C19H12Cl2N4O. The van der Waals surface area contributed by atoms with Crippen LogP contribution in [-0.2, 0) is 0 Å². The van der Waals surface area contributed by atoms with E-state index in [9.17, 15) is 5.26 Å². The average Bonchev–Trinajstić information content (AvgIpc) is 3.05. The maximum Gasteiger partial charge on any atom is 0.244 e. The van der Waals surface area contributed by atoms with Crippen molar-refractivity contribution in [2.75, 3.05) is 0 Å². The third-order valence-electron chi connectivity index (χ3n) is 4.29. The average molecular weight is 383 g/mol. The lowest BCUT2D eigenvalue weighted by Crippen LogP contribution is -2.21. The quantitative estimate of drug-likeness (QED) is 0.677. The van der Waals surface area contributed by atoms with Crippen LogP contribution < -0.4 is 10.5 Å². The summed E-state index contributed by atoms with van der Waals surface area (Å²) in [5.74, 6) is -0.285. The van der Waals surface area contributed by atoms with Gasteiger partial charge >= 0.3 is 0 Å². The molecule has 1 aliphatic heterocycles. The molecule has 0 saturated heterocycles. The molecule has 0 radical (unpaired) electrons. The van der Waals surface area contributed by atoms with Crippen molar-refractivity contribution in [3.05, 3.63) is 81.2 Å². The first-order chi connectivity index (χ1) is 12.6. The van der Waals surface area contributed by atoms with Crippen LogP contribution in [-0.4, -0.2) is 10.2 Å². The molecule has 0 bridgehead atoms. The van der Waals surface area contributed by atoms with Crippen molar-refractivity contribution in [3.8, 4) is 23.2 Å². The van der Waals surface area contributed by atoms with Crippen LogP contribution in [0.5, 0.6) is 5.88 Å². The monoisotopic (exact) mass is 382 g/mol. The van der Waals surface area contributed by atoms with Crippen molar-refractivity contribution < 1.29 is 4.74 Å². The fraction of sp³-hybridized carbons (Fsp3) is 0.0526. The number of nitrogens with two attached hydrogens (primary N) is 1. The summed E-state index contributed by atoms with van der Waals surface area (Å²) in [6, 6.07) is 17.0. The Morgan fingerprint density at radius 3 is 2.38 bits per heavy atom. The summed E-state index contributed by atoms with van der Waals surface area (Å²) in [6.45, 7) is 0. The predicted octanol–water partition coefficient (Wildman–Crippen LogP) is 4.60. The molecule has 0 fully saturated rings. The van der Waals surface area contributed by atoms with E-state index in [1.165, 1.54) is 0 Å². The van der Waals surface area contributed by atoms with Crippen molar-refractivity contribution in [2.45, 2.75) is 5.92 Å². The van der Waals surface area contributed by atoms with Crippen LogP contribution in [0.3, 0.4) is 0 Å². The summed E-state index contributed by atoms with van der Waals surface area (Å²) in [5.41, 5.74) is 9.11. The molecule has 7 heteroatoms. The molecule has 128 valence electrons. The summed E-state index contributed by atoms with van der Waals surface area (Å²) >= 11 is 12.9. The zero-order chi connectivity index (χ0) is 18.3. The first kappa shape index (κ1) is 16.5. The highest BCUT2D eigenvalue weighted by Gasteiger charge is 2.37. The van der Waals surface area contributed by atoms with E-state index in [1.54, 1.807) is 18.2 Å². The number of aromatic amines is 1. The lowest BCUT2D eigenvalue weighted by molar-refractivity contribution is 0.379. The highest BCUT2D eigenvalue weighted by molar-refractivity contribution is 6.36. The smallest absolute Gasteiger partial charge is 0.244 e. The van der Waals surface area contributed by atoms with Gasteiger partial charge < -0.3 is 10.5 Å². The number of nitriles is 1. The van der Waals surface area contributed by atoms with E-state index >= 15 is 0 Å². The maximum atomic E-state index is 9.71. The van der Waals surface area contributed by atoms with Gasteiger partial charge in [-0.15, -0.1) is 5.10 Å². The highest BCUT2D eigenvalue weighted by atomic mass is 35.5. The van der Waals surface area contributed by atoms with Gasteiger partial charge in [0.2, 0.25) is 11.8 Å². The largest absolute Gasteiger partial charge is 0.420 e. The molecule has 26 heavy (non-hydrogen) atoms. The molecule has 3 aromatic rings. The van der Waals surface area contributed by atoms with Gasteiger partial charge in [-0.3, -0.25) is 5.10 Å². The van der Waals surface area contributed by atoms with Crippen molar-refractivity contribution in [3.63, 3.8) is 0 Å². The number of fused-ring (bicyclic) bond motifs is 1. The molecule has 2 heterocycles. The molecule has 2 aromatic carbocycles. The van der Waals surface area contributed by atoms with Gasteiger partial charge in [-0.2, -0.15) is 5.26 Å². The molecule has 0 amide bonds. The lowest BCUT2D eigenvalue weighted by Gasteiger charge is -2.25. The van der Waals surface area contributed by atoms with E-state index < -0.39 is 5.92 Å². The van der Waals surface area contributed by atoms with Gasteiger partial charge in [-0.25, -0.2) is 0 Å². The number of aromatic nitrogens is 2. The van der Waals surface area contributed by atoms with Crippen molar-refractivity contribution in [1.82, 2.24) is 10.2 Å². The van der Waals surface area contributed by atoms with Crippen LogP contribution in [0.25, 0.3) is 11.3 Å². The van der Waals surface area contributed by atoms with Crippen LogP contribution in [0, 0.1) is 11.3 Å². The molecular weight excluding hydrogens is 371 g/mol. The Balaban J connectivity index is 2.02. The third kappa shape index (κ3) is 2.51. The lowest BCUT2D eigenvalue weighted by atomic mass is 9.83. The second kappa shape index (κ2) is 6.41. The number of rotatable bonds is 2. The Kier molecular flexibility index (Phi) is 4.08. The first-order valence-corrected chi connectivity index (χ1v) is 8.52. The molecule has 0 aliphatic carbocycles. The minimum Gasteiger partial charge on any atom is -0.420 e. The second-order valence-corrected chi connectivity index (χ2v) is 6.56. The van der Waals surface area contributed by atoms with Crippen LogP contribution in [0.1, 0.15) is 17.0 Å². The minimum atomic E-state index is -0.584. The molecule has 4 rings (SSSR count). The van der Waals surface area contributed by atoms with Crippen LogP contribution >= 0.6 is 23.2 Å². The summed E-state index contributed by atoms with van der Waals surface area (Å²) < 4.78 is 5.58. The normalized spacial score (nSPS) is 16.0. The number of halogens is 2. The Morgan fingerprint density at radius 1 is 1.04 bits per heavy atom. The molecule has 1 aromatic heterocycles. The Morgan fingerprint density at radius 2 is 1.73 bits per heavy atom. The van der Waals surface area contributed by atoms with Gasteiger partial charge in [0.25, 0.3) is 0 Å². The zero-order valence-corrected chi connectivity index (χ0v) is 14.8. The highest BCUT2D eigenvalue weighted by Crippen LogP contribution is 2.48. The van der Waals surface area contributed by atoms with E-state index in [2.05, 4.69) is 16.3 Å². The summed E-state index contributed by atoms with van der Waals surface area (Å²) in [7, 11) is 0. The third-order valence-corrected chi connectivity index (χ3v) is 4.95. The molecule has 0 unspecified atom stereocenters. The maximum absolute atomic E-state index is 9.71. The SMILES string of the molecule is N#CC1=C(N)Oc2n[nH]c(-c3ccccc3)c2[C@H]1c1c(Cl)cccc1Cl. The van der Waals surface area contributed by atoms with Crippen LogP contribution in [0.4, 0.5) is 0 Å². The van der Waals surface area contributed by atoms with Crippen molar-refractivity contribution >= 4 is 23.2 Å².